The molecule has 0 amide bonds. The predicted molar refractivity (Wildman–Crippen MR) is 82.6 cm³/mol. The fraction of sp³-hybridized carbons (Fsp3) is 0.0625. The molecular formula is C16H11Cl2NO. The molecule has 0 aromatic heterocycles. The summed E-state index contributed by atoms with van der Waals surface area (Å²) in [5, 5.41) is 11.3. The van der Waals surface area contributed by atoms with Crippen LogP contribution < -0.4 is 0 Å². The first-order valence-corrected chi connectivity index (χ1v) is 6.89. The van der Waals surface area contributed by atoms with Gasteiger partial charge in [0.2, 0.25) is 0 Å². The van der Waals surface area contributed by atoms with Crippen molar-refractivity contribution >= 4 is 28.9 Å². The van der Waals surface area contributed by atoms with Crippen LogP contribution in [0.25, 0.3) is 0 Å². The lowest BCUT2D eigenvalue weighted by molar-refractivity contribution is 0.228. The summed E-state index contributed by atoms with van der Waals surface area (Å²) in [7, 11) is 0. The summed E-state index contributed by atoms with van der Waals surface area (Å²) in [6, 6.07) is 12.9. The van der Waals surface area contributed by atoms with Gasteiger partial charge in [-0.25, -0.2) is 0 Å². The van der Waals surface area contributed by atoms with Gasteiger partial charge in [0.05, 0.1) is 11.8 Å². The SMILES string of the molecule is OC1C=CN=C(c2ccccc2Cl)c2cc(Cl)ccc21. The zero-order valence-corrected chi connectivity index (χ0v) is 11.9. The van der Waals surface area contributed by atoms with Crippen LogP contribution in [0.15, 0.2) is 59.7 Å². The number of hydrogen-bond donors (Lipinski definition) is 1. The van der Waals surface area contributed by atoms with Crippen LogP contribution >= 0.6 is 23.2 Å². The molecule has 0 fully saturated rings. The van der Waals surface area contributed by atoms with E-state index in [1.807, 2.05) is 30.3 Å². The Kier molecular flexibility index (Phi) is 3.62. The van der Waals surface area contributed by atoms with Crippen molar-refractivity contribution in [1.29, 1.82) is 0 Å². The molecule has 1 unspecified atom stereocenters. The third kappa shape index (κ3) is 2.38. The van der Waals surface area contributed by atoms with Crippen molar-refractivity contribution in [3.05, 3.63) is 81.5 Å². The maximum Gasteiger partial charge on any atom is 0.0996 e. The number of aliphatic imine (C=N–C) groups is 1. The number of benzene rings is 2. The maximum absolute atomic E-state index is 10.1. The molecule has 0 aliphatic carbocycles. The van der Waals surface area contributed by atoms with Crippen LogP contribution in [0, 0.1) is 0 Å². The van der Waals surface area contributed by atoms with Crippen molar-refractivity contribution in [3.63, 3.8) is 0 Å². The molecule has 0 saturated carbocycles. The largest absolute Gasteiger partial charge is 0.384 e. The summed E-state index contributed by atoms with van der Waals surface area (Å²) in [6.07, 6.45) is 2.53. The average Bonchev–Trinajstić information content (AvgIpc) is 2.59. The number of aliphatic hydroxyl groups excluding tert-OH is 1. The first kappa shape index (κ1) is 13.4. The number of halogens is 2. The second-order valence-electron chi connectivity index (χ2n) is 4.48. The van der Waals surface area contributed by atoms with E-state index in [1.165, 1.54) is 0 Å². The summed E-state index contributed by atoms with van der Waals surface area (Å²) < 4.78 is 0. The van der Waals surface area contributed by atoms with Gasteiger partial charge in [0.1, 0.15) is 0 Å². The number of aliphatic hydroxyl groups is 1. The van der Waals surface area contributed by atoms with Crippen LogP contribution in [0.3, 0.4) is 0 Å². The van der Waals surface area contributed by atoms with Crippen molar-refractivity contribution in [1.82, 2.24) is 0 Å². The van der Waals surface area contributed by atoms with E-state index in [-0.39, 0.29) is 0 Å². The Morgan fingerprint density at radius 2 is 1.80 bits per heavy atom. The molecule has 1 aliphatic heterocycles. The summed E-state index contributed by atoms with van der Waals surface area (Å²) in [6.45, 7) is 0. The van der Waals surface area contributed by atoms with Crippen LogP contribution in [-0.4, -0.2) is 10.8 Å². The molecule has 0 saturated heterocycles. The highest BCUT2D eigenvalue weighted by atomic mass is 35.5. The monoisotopic (exact) mass is 303 g/mol. The summed E-state index contributed by atoms with van der Waals surface area (Å²) in [5.41, 5.74) is 3.09. The van der Waals surface area contributed by atoms with Gasteiger partial charge in [0, 0.05) is 27.4 Å². The molecule has 4 heteroatoms. The molecule has 100 valence electrons. The van der Waals surface area contributed by atoms with E-state index in [9.17, 15) is 5.11 Å². The van der Waals surface area contributed by atoms with Gasteiger partial charge < -0.3 is 5.11 Å². The molecule has 1 atom stereocenters. The smallest absolute Gasteiger partial charge is 0.0996 e. The molecule has 20 heavy (non-hydrogen) atoms. The van der Waals surface area contributed by atoms with Gasteiger partial charge in [-0.2, -0.15) is 0 Å². The summed E-state index contributed by atoms with van der Waals surface area (Å²) in [5.74, 6) is 0. The van der Waals surface area contributed by atoms with E-state index in [0.29, 0.717) is 15.8 Å². The van der Waals surface area contributed by atoms with Gasteiger partial charge in [0.15, 0.2) is 0 Å². The second-order valence-corrected chi connectivity index (χ2v) is 5.32. The fourth-order valence-corrected chi connectivity index (χ4v) is 2.63. The fourth-order valence-electron chi connectivity index (χ4n) is 2.23. The standard InChI is InChI=1S/C16H11Cl2NO/c17-10-5-6-11-13(9-10)16(19-8-7-15(11)20)12-3-1-2-4-14(12)18/h1-9,15,20H. The second kappa shape index (κ2) is 5.41. The Hall–Kier alpha value is -1.61. The van der Waals surface area contributed by atoms with Gasteiger partial charge in [-0.15, -0.1) is 0 Å². The lowest BCUT2D eigenvalue weighted by atomic mass is 9.95. The quantitative estimate of drug-likeness (QED) is 0.832. The topological polar surface area (TPSA) is 32.6 Å². The predicted octanol–water partition coefficient (Wildman–Crippen LogP) is 4.39. The summed E-state index contributed by atoms with van der Waals surface area (Å²) in [4.78, 5) is 4.42. The van der Waals surface area contributed by atoms with Crippen LogP contribution in [0.1, 0.15) is 22.8 Å². The summed E-state index contributed by atoms with van der Waals surface area (Å²) >= 11 is 12.3. The van der Waals surface area contributed by atoms with E-state index < -0.39 is 6.10 Å². The van der Waals surface area contributed by atoms with E-state index in [4.69, 9.17) is 23.2 Å². The first-order valence-electron chi connectivity index (χ1n) is 6.14. The van der Waals surface area contributed by atoms with Gasteiger partial charge in [0.25, 0.3) is 0 Å². The van der Waals surface area contributed by atoms with Crippen molar-refractivity contribution < 1.29 is 5.11 Å². The molecule has 2 aromatic carbocycles. The van der Waals surface area contributed by atoms with E-state index in [1.54, 1.807) is 24.4 Å². The minimum atomic E-state index is -0.703. The minimum absolute atomic E-state index is 0.595. The molecule has 1 heterocycles. The maximum atomic E-state index is 10.1. The van der Waals surface area contributed by atoms with Crippen LogP contribution in [-0.2, 0) is 0 Å². The first-order chi connectivity index (χ1) is 9.66. The van der Waals surface area contributed by atoms with Crippen molar-refractivity contribution in [2.75, 3.05) is 0 Å². The van der Waals surface area contributed by atoms with Crippen LogP contribution in [0.4, 0.5) is 0 Å². The Bertz CT molecular complexity index is 722. The molecular weight excluding hydrogens is 293 g/mol. The Labute approximate surface area is 127 Å². The Morgan fingerprint density at radius 3 is 2.60 bits per heavy atom. The normalized spacial score (nSPS) is 17.4. The molecule has 0 spiro atoms. The average molecular weight is 304 g/mol. The number of rotatable bonds is 1. The molecule has 2 aromatic rings. The van der Waals surface area contributed by atoms with Crippen molar-refractivity contribution in [2.45, 2.75) is 6.10 Å². The number of hydrogen-bond acceptors (Lipinski definition) is 2. The highest BCUT2D eigenvalue weighted by Crippen LogP contribution is 2.30. The van der Waals surface area contributed by atoms with E-state index in [2.05, 4.69) is 4.99 Å². The Balaban J connectivity index is 2.25. The lowest BCUT2D eigenvalue weighted by Gasteiger charge is -2.14. The molecule has 1 aliphatic rings. The van der Waals surface area contributed by atoms with Crippen molar-refractivity contribution in [2.24, 2.45) is 4.99 Å². The Morgan fingerprint density at radius 1 is 1.00 bits per heavy atom. The molecule has 0 bridgehead atoms. The number of fused-ring (bicyclic) bond motifs is 1. The zero-order valence-electron chi connectivity index (χ0n) is 10.4. The molecule has 2 nitrogen and oxygen atoms in total. The third-order valence-corrected chi connectivity index (χ3v) is 3.75. The van der Waals surface area contributed by atoms with E-state index >= 15 is 0 Å². The molecule has 1 N–H and O–H groups in total. The lowest BCUT2D eigenvalue weighted by Crippen LogP contribution is -2.08. The molecule has 0 radical (unpaired) electrons. The minimum Gasteiger partial charge on any atom is -0.384 e. The van der Waals surface area contributed by atoms with Crippen LogP contribution in [0.2, 0.25) is 10.0 Å². The highest BCUT2D eigenvalue weighted by molar-refractivity contribution is 6.36. The number of nitrogens with zero attached hydrogens (tertiary/aromatic N) is 1. The van der Waals surface area contributed by atoms with Crippen molar-refractivity contribution in [3.8, 4) is 0 Å². The van der Waals surface area contributed by atoms with Gasteiger partial charge >= 0.3 is 0 Å². The molecule has 3 rings (SSSR count). The van der Waals surface area contributed by atoms with Crippen LogP contribution in [0.5, 0.6) is 0 Å². The third-order valence-electron chi connectivity index (χ3n) is 3.19. The van der Waals surface area contributed by atoms with Gasteiger partial charge in [-0.1, -0.05) is 47.5 Å². The highest BCUT2D eigenvalue weighted by Gasteiger charge is 2.19. The van der Waals surface area contributed by atoms with Gasteiger partial charge in [-0.3, -0.25) is 4.99 Å². The van der Waals surface area contributed by atoms with E-state index in [0.717, 1.165) is 16.7 Å². The van der Waals surface area contributed by atoms with Gasteiger partial charge in [-0.05, 0) is 29.8 Å². The zero-order chi connectivity index (χ0) is 14.1.